The molecule has 0 aliphatic heterocycles. The minimum absolute atomic E-state index is 0.483. The van der Waals surface area contributed by atoms with Crippen LogP contribution in [0.3, 0.4) is 0 Å². The van der Waals surface area contributed by atoms with Gasteiger partial charge in [0, 0.05) is 0 Å². The summed E-state index contributed by atoms with van der Waals surface area (Å²) in [5, 5.41) is 8.18. The summed E-state index contributed by atoms with van der Waals surface area (Å²) in [6, 6.07) is 0. The van der Waals surface area contributed by atoms with Gasteiger partial charge in [-0.3, -0.25) is 9.59 Å². The number of ether oxygens (including phenoxy) is 1. The number of carbonyl (C=O) groups is 3. The zero-order valence-electron chi connectivity index (χ0n) is 6.86. The fourth-order valence-electron chi connectivity index (χ4n) is 0.676. The van der Waals surface area contributed by atoms with Gasteiger partial charge in [0.15, 0.2) is 17.7 Å². The molecule has 0 aliphatic carbocycles. The maximum atomic E-state index is 10.7. The van der Waals surface area contributed by atoms with Gasteiger partial charge in [0.1, 0.15) is 6.61 Å². The lowest BCUT2D eigenvalue weighted by molar-refractivity contribution is -0.150. The smallest absolute Gasteiger partial charge is 0.329 e. The van der Waals surface area contributed by atoms with Crippen LogP contribution in [0.25, 0.3) is 0 Å². The average Bonchev–Trinajstić information content (AvgIpc) is 1.84. The van der Waals surface area contributed by atoms with Crippen molar-refractivity contribution >= 4 is 17.5 Å². The summed E-state index contributed by atoms with van der Waals surface area (Å²) in [6.45, 7) is 1.71. The minimum atomic E-state index is -1.24. The van der Waals surface area contributed by atoms with Crippen LogP contribution in [0.2, 0.25) is 0 Å². The van der Waals surface area contributed by atoms with Crippen LogP contribution in [0, 0.1) is 0 Å². The molecule has 0 spiro atoms. The van der Waals surface area contributed by atoms with Crippen LogP contribution in [-0.2, 0) is 19.1 Å². The van der Waals surface area contributed by atoms with Crippen LogP contribution in [0.1, 0.15) is 13.8 Å². The van der Waals surface area contributed by atoms with Crippen molar-refractivity contribution < 1.29 is 24.2 Å². The number of carboxylic acid groups (broad SMARTS) is 1. The summed E-state index contributed by atoms with van der Waals surface area (Å²) in [6.07, 6.45) is -1.24. The van der Waals surface area contributed by atoms with Gasteiger partial charge >= 0.3 is 5.97 Å². The Morgan fingerprint density at radius 2 is 1.67 bits per heavy atom. The van der Waals surface area contributed by atoms with Gasteiger partial charge in [-0.1, -0.05) is 0 Å². The fourth-order valence-corrected chi connectivity index (χ4v) is 0.676. The molecule has 0 heterocycles. The third-order valence-electron chi connectivity index (χ3n) is 1.11. The molecule has 0 aromatic carbocycles. The van der Waals surface area contributed by atoms with E-state index >= 15 is 0 Å². The van der Waals surface area contributed by atoms with Crippen molar-refractivity contribution in [3.8, 4) is 0 Å². The maximum absolute atomic E-state index is 10.7. The monoisotopic (exact) mass is 174 g/mol. The summed E-state index contributed by atoms with van der Waals surface area (Å²) in [5.41, 5.74) is 0. The third-order valence-corrected chi connectivity index (χ3v) is 1.11. The predicted octanol–water partition coefficient (Wildman–Crippen LogP) is -0.366. The Balaban J connectivity index is 4.06. The van der Waals surface area contributed by atoms with E-state index in [1.807, 2.05) is 0 Å². The average molecular weight is 174 g/mol. The molecule has 0 atom stereocenters. The van der Waals surface area contributed by atoms with Gasteiger partial charge in [-0.05, 0) is 13.8 Å². The maximum Gasteiger partial charge on any atom is 0.329 e. The van der Waals surface area contributed by atoms with Crippen LogP contribution in [0.4, 0.5) is 0 Å². The Bertz CT molecular complexity index is 194. The molecule has 0 aromatic rings. The number of Topliss-reactive ketones (excluding diaryl/α,β-unsaturated/α-hetero) is 2. The molecule has 68 valence electrons. The second-order valence-electron chi connectivity index (χ2n) is 2.31. The first kappa shape index (κ1) is 10.8. The summed E-state index contributed by atoms with van der Waals surface area (Å²) < 4.78 is 4.53. The molecule has 0 fully saturated rings. The van der Waals surface area contributed by atoms with Gasteiger partial charge in [0.05, 0.1) is 0 Å². The highest BCUT2D eigenvalue weighted by molar-refractivity contribution is 6.03. The van der Waals surface area contributed by atoms with E-state index in [0.717, 1.165) is 0 Å². The van der Waals surface area contributed by atoms with Crippen molar-refractivity contribution in [2.75, 3.05) is 6.61 Å². The van der Waals surface area contributed by atoms with Gasteiger partial charge in [0.2, 0.25) is 0 Å². The zero-order chi connectivity index (χ0) is 9.72. The molecule has 5 nitrogen and oxygen atoms in total. The van der Waals surface area contributed by atoms with E-state index in [1.165, 1.54) is 13.8 Å². The topological polar surface area (TPSA) is 80.7 Å². The Labute approximate surface area is 69.3 Å². The normalized spacial score (nSPS) is 9.92. The Kier molecular flexibility index (Phi) is 4.14. The lowest BCUT2D eigenvalue weighted by Crippen LogP contribution is -2.31. The fraction of sp³-hybridized carbons (Fsp3) is 0.571. The van der Waals surface area contributed by atoms with E-state index in [9.17, 15) is 14.4 Å². The van der Waals surface area contributed by atoms with Crippen molar-refractivity contribution in [2.45, 2.75) is 20.0 Å². The molecule has 0 radical (unpaired) electrons. The molecule has 0 aliphatic rings. The molecule has 12 heavy (non-hydrogen) atoms. The van der Waals surface area contributed by atoms with Crippen LogP contribution in [0.5, 0.6) is 0 Å². The summed E-state index contributed by atoms with van der Waals surface area (Å²) in [7, 11) is 0. The molecule has 0 bridgehead atoms. The van der Waals surface area contributed by atoms with Crippen molar-refractivity contribution in [2.24, 2.45) is 0 Å². The molecule has 0 aromatic heterocycles. The largest absolute Gasteiger partial charge is 0.480 e. The number of aliphatic carboxylic acids is 1. The first-order chi connectivity index (χ1) is 5.45. The molecular formula is C7H10O5. The van der Waals surface area contributed by atoms with E-state index in [1.54, 1.807) is 0 Å². The van der Waals surface area contributed by atoms with Crippen molar-refractivity contribution in [3.63, 3.8) is 0 Å². The molecule has 0 saturated heterocycles. The number of ketones is 2. The zero-order valence-corrected chi connectivity index (χ0v) is 6.86. The SMILES string of the molecule is CC(=O)C(OCC(=O)O)C(C)=O. The van der Waals surface area contributed by atoms with E-state index < -0.39 is 30.2 Å². The van der Waals surface area contributed by atoms with Crippen LogP contribution < -0.4 is 0 Å². The molecule has 1 N–H and O–H groups in total. The highest BCUT2D eigenvalue weighted by Gasteiger charge is 2.20. The highest BCUT2D eigenvalue weighted by Crippen LogP contribution is 1.95. The number of rotatable bonds is 5. The summed E-state index contributed by atoms with van der Waals surface area (Å²) in [4.78, 5) is 31.3. The van der Waals surface area contributed by atoms with Crippen molar-refractivity contribution in [1.29, 1.82) is 0 Å². The predicted molar refractivity (Wildman–Crippen MR) is 38.7 cm³/mol. The van der Waals surface area contributed by atoms with E-state index in [4.69, 9.17) is 5.11 Å². The molecule has 5 heteroatoms. The second kappa shape index (κ2) is 4.61. The minimum Gasteiger partial charge on any atom is -0.480 e. The number of hydrogen-bond donors (Lipinski definition) is 1. The van der Waals surface area contributed by atoms with E-state index in [2.05, 4.69) is 4.74 Å². The number of carbonyl (C=O) groups excluding carboxylic acids is 2. The highest BCUT2D eigenvalue weighted by atomic mass is 16.5. The van der Waals surface area contributed by atoms with Gasteiger partial charge in [-0.15, -0.1) is 0 Å². The molecule has 0 saturated carbocycles. The molecule has 0 unspecified atom stereocenters. The van der Waals surface area contributed by atoms with E-state index in [0.29, 0.717) is 0 Å². The van der Waals surface area contributed by atoms with Gasteiger partial charge in [-0.25, -0.2) is 4.79 Å². The van der Waals surface area contributed by atoms with E-state index in [-0.39, 0.29) is 0 Å². The van der Waals surface area contributed by atoms with Gasteiger partial charge in [-0.2, -0.15) is 0 Å². The van der Waals surface area contributed by atoms with Crippen molar-refractivity contribution in [1.82, 2.24) is 0 Å². The van der Waals surface area contributed by atoms with Crippen LogP contribution in [-0.4, -0.2) is 35.4 Å². The molecular weight excluding hydrogens is 164 g/mol. The molecule has 0 amide bonds. The van der Waals surface area contributed by atoms with Crippen molar-refractivity contribution in [3.05, 3.63) is 0 Å². The first-order valence-electron chi connectivity index (χ1n) is 3.29. The third kappa shape index (κ3) is 3.82. The molecule has 0 rings (SSSR count). The quantitative estimate of drug-likeness (QED) is 0.575. The Morgan fingerprint density at radius 3 is 1.92 bits per heavy atom. The first-order valence-corrected chi connectivity index (χ1v) is 3.29. The Morgan fingerprint density at radius 1 is 1.25 bits per heavy atom. The summed E-state index contributed by atoms with van der Waals surface area (Å²) in [5.74, 6) is -2.17. The summed E-state index contributed by atoms with van der Waals surface area (Å²) >= 11 is 0. The van der Waals surface area contributed by atoms with Crippen LogP contribution >= 0.6 is 0 Å². The van der Waals surface area contributed by atoms with Crippen LogP contribution in [0.15, 0.2) is 0 Å². The number of carboxylic acids is 1. The Hall–Kier alpha value is -1.23. The second-order valence-corrected chi connectivity index (χ2v) is 2.31. The lowest BCUT2D eigenvalue weighted by Gasteiger charge is -2.08. The number of hydrogen-bond acceptors (Lipinski definition) is 4. The lowest BCUT2D eigenvalue weighted by atomic mass is 10.2. The van der Waals surface area contributed by atoms with Gasteiger partial charge in [0.25, 0.3) is 0 Å². The standard InChI is InChI=1S/C7H10O5/c1-4(8)7(5(2)9)12-3-6(10)11/h7H,3H2,1-2H3,(H,10,11). The van der Waals surface area contributed by atoms with Gasteiger partial charge < -0.3 is 9.84 Å².